The smallest absolute Gasteiger partial charge is 0.176 e. The predicted octanol–water partition coefficient (Wildman–Crippen LogP) is 1.95. The molecular formula is C13H27N5. The number of aromatic nitrogens is 4. The van der Waals surface area contributed by atoms with Crippen LogP contribution in [0.1, 0.15) is 52.3 Å². The van der Waals surface area contributed by atoms with Crippen LogP contribution in [0.15, 0.2) is 0 Å². The summed E-state index contributed by atoms with van der Waals surface area (Å²) in [5, 5.41) is 15.9. The Kier molecular flexibility index (Phi) is 6.86. The standard InChI is InChI=1S/C13H27N5/c1-5-8-9-11(6-2)12(14-7-3)10-13-15-17-18(4)16-13/h11-12,14H,5-10H2,1-4H3. The van der Waals surface area contributed by atoms with Crippen molar-refractivity contribution in [2.75, 3.05) is 6.54 Å². The number of nitrogens with one attached hydrogen (secondary N) is 1. The van der Waals surface area contributed by atoms with Crippen molar-refractivity contribution >= 4 is 0 Å². The first-order chi connectivity index (χ1) is 8.71. The molecule has 5 nitrogen and oxygen atoms in total. The number of hydrogen-bond donors (Lipinski definition) is 1. The molecule has 0 aliphatic heterocycles. The number of tetrazole rings is 1. The molecule has 2 unspecified atom stereocenters. The van der Waals surface area contributed by atoms with Gasteiger partial charge in [-0.15, -0.1) is 10.2 Å². The van der Waals surface area contributed by atoms with Crippen LogP contribution in [0.5, 0.6) is 0 Å². The molecule has 1 aromatic rings. The molecule has 104 valence electrons. The van der Waals surface area contributed by atoms with E-state index in [1.165, 1.54) is 30.5 Å². The predicted molar refractivity (Wildman–Crippen MR) is 73.3 cm³/mol. The summed E-state index contributed by atoms with van der Waals surface area (Å²) in [5.74, 6) is 1.55. The minimum atomic E-state index is 0.468. The van der Waals surface area contributed by atoms with Crippen molar-refractivity contribution in [3.05, 3.63) is 5.82 Å². The quantitative estimate of drug-likeness (QED) is 0.731. The molecule has 5 heteroatoms. The van der Waals surface area contributed by atoms with Gasteiger partial charge in [-0.3, -0.25) is 0 Å². The monoisotopic (exact) mass is 253 g/mol. The Morgan fingerprint density at radius 1 is 1.28 bits per heavy atom. The van der Waals surface area contributed by atoms with Gasteiger partial charge in [0, 0.05) is 12.5 Å². The van der Waals surface area contributed by atoms with Crippen molar-refractivity contribution in [3.8, 4) is 0 Å². The normalized spacial score (nSPS) is 14.7. The maximum Gasteiger partial charge on any atom is 0.176 e. The highest BCUT2D eigenvalue weighted by Crippen LogP contribution is 2.19. The van der Waals surface area contributed by atoms with Crippen LogP contribution < -0.4 is 5.32 Å². The van der Waals surface area contributed by atoms with Gasteiger partial charge in [-0.05, 0) is 24.1 Å². The third-order valence-electron chi connectivity index (χ3n) is 3.44. The van der Waals surface area contributed by atoms with E-state index in [2.05, 4.69) is 41.5 Å². The molecule has 0 aromatic carbocycles. The Labute approximate surface area is 110 Å². The van der Waals surface area contributed by atoms with Crippen LogP contribution in [-0.2, 0) is 13.5 Å². The van der Waals surface area contributed by atoms with Crippen LogP contribution >= 0.6 is 0 Å². The fraction of sp³-hybridized carbons (Fsp3) is 0.923. The lowest BCUT2D eigenvalue weighted by Crippen LogP contribution is -2.38. The van der Waals surface area contributed by atoms with Crippen molar-refractivity contribution in [2.24, 2.45) is 13.0 Å². The van der Waals surface area contributed by atoms with Gasteiger partial charge < -0.3 is 5.32 Å². The van der Waals surface area contributed by atoms with Gasteiger partial charge in [0.15, 0.2) is 5.82 Å². The molecule has 0 radical (unpaired) electrons. The van der Waals surface area contributed by atoms with Crippen LogP contribution in [0.3, 0.4) is 0 Å². The molecule has 0 fully saturated rings. The molecule has 0 saturated heterocycles. The first-order valence-corrected chi connectivity index (χ1v) is 7.17. The van der Waals surface area contributed by atoms with Gasteiger partial charge in [0.05, 0.1) is 7.05 Å². The minimum Gasteiger partial charge on any atom is -0.314 e. The molecule has 0 aliphatic rings. The van der Waals surface area contributed by atoms with E-state index in [-0.39, 0.29) is 0 Å². The van der Waals surface area contributed by atoms with Gasteiger partial charge in [0.1, 0.15) is 0 Å². The maximum atomic E-state index is 4.28. The van der Waals surface area contributed by atoms with Gasteiger partial charge in [-0.2, -0.15) is 4.80 Å². The second-order valence-corrected chi connectivity index (χ2v) is 4.87. The average molecular weight is 253 g/mol. The summed E-state index contributed by atoms with van der Waals surface area (Å²) >= 11 is 0. The summed E-state index contributed by atoms with van der Waals surface area (Å²) in [5.41, 5.74) is 0. The average Bonchev–Trinajstić information content (AvgIpc) is 2.76. The van der Waals surface area contributed by atoms with Crippen LogP contribution in [0.2, 0.25) is 0 Å². The van der Waals surface area contributed by atoms with Crippen LogP contribution in [0.25, 0.3) is 0 Å². The Morgan fingerprint density at radius 2 is 2.06 bits per heavy atom. The number of hydrogen-bond acceptors (Lipinski definition) is 4. The maximum absolute atomic E-state index is 4.28. The molecule has 0 spiro atoms. The van der Waals surface area contributed by atoms with Gasteiger partial charge in [-0.1, -0.05) is 40.0 Å². The zero-order chi connectivity index (χ0) is 13.4. The lowest BCUT2D eigenvalue weighted by atomic mass is 9.89. The molecule has 0 aliphatic carbocycles. The van der Waals surface area contributed by atoms with E-state index in [9.17, 15) is 0 Å². The van der Waals surface area contributed by atoms with Gasteiger partial charge in [0.2, 0.25) is 0 Å². The molecule has 1 rings (SSSR count). The van der Waals surface area contributed by atoms with Crippen molar-refractivity contribution in [3.63, 3.8) is 0 Å². The van der Waals surface area contributed by atoms with E-state index in [1.807, 2.05) is 7.05 Å². The van der Waals surface area contributed by atoms with Crippen molar-refractivity contribution in [2.45, 2.75) is 58.9 Å². The molecule has 1 N–H and O–H groups in total. The summed E-state index contributed by atoms with van der Waals surface area (Å²) in [6.07, 6.45) is 5.93. The Morgan fingerprint density at radius 3 is 2.56 bits per heavy atom. The Hall–Kier alpha value is -0.970. The molecule has 18 heavy (non-hydrogen) atoms. The summed E-state index contributed by atoms with van der Waals surface area (Å²) < 4.78 is 0. The van der Waals surface area contributed by atoms with E-state index in [0.29, 0.717) is 12.0 Å². The highest BCUT2D eigenvalue weighted by atomic mass is 15.6. The van der Waals surface area contributed by atoms with E-state index < -0.39 is 0 Å². The molecular weight excluding hydrogens is 226 g/mol. The second kappa shape index (κ2) is 8.19. The minimum absolute atomic E-state index is 0.468. The number of aryl methyl sites for hydroxylation is 1. The summed E-state index contributed by atoms with van der Waals surface area (Å²) in [6.45, 7) is 7.67. The van der Waals surface area contributed by atoms with Crippen molar-refractivity contribution < 1.29 is 0 Å². The Bertz CT molecular complexity index is 323. The van der Waals surface area contributed by atoms with Gasteiger partial charge in [-0.25, -0.2) is 0 Å². The topological polar surface area (TPSA) is 55.6 Å². The molecule has 1 aromatic heterocycles. The lowest BCUT2D eigenvalue weighted by Gasteiger charge is -2.26. The third kappa shape index (κ3) is 4.72. The van der Waals surface area contributed by atoms with E-state index >= 15 is 0 Å². The zero-order valence-corrected chi connectivity index (χ0v) is 12.2. The largest absolute Gasteiger partial charge is 0.314 e. The van der Waals surface area contributed by atoms with E-state index in [4.69, 9.17) is 0 Å². The van der Waals surface area contributed by atoms with E-state index in [0.717, 1.165) is 18.8 Å². The molecule has 0 amide bonds. The first kappa shape index (κ1) is 15.1. The second-order valence-electron chi connectivity index (χ2n) is 4.87. The first-order valence-electron chi connectivity index (χ1n) is 7.17. The third-order valence-corrected chi connectivity index (χ3v) is 3.44. The molecule has 1 heterocycles. The SMILES string of the molecule is CCCCC(CC)C(Cc1nnn(C)n1)NCC. The van der Waals surface area contributed by atoms with Crippen LogP contribution in [0.4, 0.5) is 0 Å². The summed E-state index contributed by atoms with van der Waals surface area (Å²) in [6, 6.07) is 0.468. The number of rotatable bonds is 9. The van der Waals surface area contributed by atoms with Crippen LogP contribution in [0, 0.1) is 5.92 Å². The highest BCUT2D eigenvalue weighted by Gasteiger charge is 2.20. The van der Waals surface area contributed by atoms with Crippen LogP contribution in [-0.4, -0.2) is 32.8 Å². The fourth-order valence-electron chi connectivity index (χ4n) is 2.43. The highest BCUT2D eigenvalue weighted by molar-refractivity contribution is 4.87. The van der Waals surface area contributed by atoms with E-state index in [1.54, 1.807) is 0 Å². The van der Waals surface area contributed by atoms with Crippen molar-refractivity contribution in [1.29, 1.82) is 0 Å². The number of unbranched alkanes of at least 4 members (excludes halogenated alkanes) is 1. The zero-order valence-electron chi connectivity index (χ0n) is 12.2. The molecule has 2 atom stereocenters. The molecule has 0 saturated carbocycles. The Balaban J connectivity index is 2.61. The number of nitrogens with zero attached hydrogens (tertiary/aromatic N) is 4. The summed E-state index contributed by atoms with van der Waals surface area (Å²) in [7, 11) is 1.81. The molecule has 0 bridgehead atoms. The van der Waals surface area contributed by atoms with Gasteiger partial charge in [0.25, 0.3) is 0 Å². The fourth-order valence-corrected chi connectivity index (χ4v) is 2.43. The van der Waals surface area contributed by atoms with Crippen molar-refractivity contribution in [1.82, 2.24) is 25.5 Å². The number of likely N-dealkylation sites (N-methyl/N-ethyl adjacent to an activating group) is 1. The van der Waals surface area contributed by atoms with Gasteiger partial charge >= 0.3 is 0 Å². The summed E-state index contributed by atoms with van der Waals surface area (Å²) in [4.78, 5) is 1.53. The lowest BCUT2D eigenvalue weighted by molar-refractivity contribution is 0.316.